The first-order valence-electron chi connectivity index (χ1n) is 8.96. The SMILES string of the molecule is CC(CS(=O)(=O)c1ccccc1)C(O)C(O)C(C)CS(=O)(=O)c1ccccc1. The van der Waals surface area contributed by atoms with Gasteiger partial charge in [-0.3, -0.25) is 0 Å². The Hall–Kier alpha value is -1.74. The lowest BCUT2D eigenvalue weighted by Gasteiger charge is -2.28. The van der Waals surface area contributed by atoms with E-state index in [0.717, 1.165) is 0 Å². The zero-order valence-corrected chi connectivity index (χ0v) is 17.5. The summed E-state index contributed by atoms with van der Waals surface area (Å²) in [4.78, 5) is 0.284. The van der Waals surface area contributed by atoms with E-state index < -0.39 is 43.7 Å². The quantitative estimate of drug-likeness (QED) is 0.634. The predicted octanol–water partition coefficient (Wildman–Crippen LogP) is 1.93. The third-order valence-corrected chi connectivity index (χ3v) is 8.60. The number of sulfone groups is 2. The molecule has 0 heterocycles. The average molecular weight is 427 g/mol. The minimum atomic E-state index is -3.63. The first kappa shape index (κ1) is 22.5. The van der Waals surface area contributed by atoms with E-state index in [9.17, 15) is 27.0 Å². The van der Waals surface area contributed by atoms with Gasteiger partial charge >= 0.3 is 0 Å². The summed E-state index contributed by atoms with van der Waals surface area (Å²) in [6, 6.07) is 15.7. The summed E-state index contributed by atoms with van der Waals surface area (Å²) >= 11 is 0. The van der Waals surface area contributed by atoms with Gasteiger partial charge in [0.2, 0.25) is 0 Å². The van der Waals surface area contributed by atoms with Crippen LogP contribution in [0.3, 0.4) is 0 Å². The van der Waals surface area contributed by atoms with E-state index in [0.29, 0.717) is 0 Å². The molecule has 0 aliphatic carbocycles. The second-order valence-corrected chi connectivity index (χ2v) is 11.2. The van der Waals surface area contributed by atoms with Crippen molar-refractivity contribution in [1.82, 2.24) is 0 Å². The van der Waals surface area contributed by atoms with Gasteiger partial charge in [-0.15, -0.1) is 0 Å². The molecule has 2 aromatic rings. The van der Waals surface area contributed by atoms with E-state index in [2.05, 4.69) is 0 Å². The van der Waals surface area contributed by atoms with Crippen LogP contribution < -0.4 is 0 Å². The first-order chi connectivity index (χ1) is 13.0. The molecule has 0 saturated heterocycles. The van der Waals surface area contributed by atoms with E-state index in [-0.39, 0.29) is 21.3 Å². The van der Waals surface area contributed by atoms with Crippen molar-refractivity contribution in [3.63, 3.8) is 0 Å². The zero-order valence-electron chi connectivity index (χ0n) is 15.8. The van der Waals surface area contributed by atoms with E-state index in [4.69, 9.17) is 0 Å². The molecule has 2 rings (SSSR count). The molecule has 0 spiro atoms. The van der Waals surface area contributed by atoms with Crippen LogP contribution in [0.2, 0.25) is 0 Å². The molecular formula is C20H26O6S2. The van der Waals surface area contributed by atoms with Crippen molar-refractivity contribution < 1.29 is 27.0 Å². The van der Waals surface area contributed by atoms with Crippen molar-refractivity contribution in [2.24, 2.45) is 11.8 Å². The van der Waals surface area contributed by atoms with Crippen LogP contribution in [0, 0.1) is 11.8 Å². The van der Waals surface area contributed by atoms with E-state index in [1.54, 1.807) is 36.4 Å². The maximum Gasteiger partial charge on any atom is 0.178 e. The fourth-order valence-electron chi connectivity index (χ4n) is 3.01. The number of aliphatic hydroxyl groups excluding tert-OH is 2. The van der Waals surface area contributed by atoms with E-state index >= 15 is 0 Å². The highest BCUT2D eigenvalue weighted by Gasteiger charge is 2.33. The molecule has 6 nitrogen and oxygen atoms in total. The normalized spacial score (nSPS) is 16.9. The van der Waals surface area contributed by atoms with Gasteiger partial charge < -0.3 is 10.2 Å². The van der Waals surface area contributed by atoms with E-state index in [1.165, 1.54) is 38.1 Å². The molecule has 0 radical (unpaired) electrons. The maximum absolute atomic E-state index is 12.5. The predicted molar refractivity (Wildman–Crippen MR) is 107 cm³/mol. The largest absolute Gasteiger partial charge is 0.390 e. The summed E-state index contributed by atoms with van der Waals surface area (Å²) in [6.45, 7) is 3.04. The van der Waals surface area contributed by atoms with Crippen molar-refractivity contribution in [1.29, 1.82) is 0 Å². The Morgan fingerprint density at radius 3 is 1.21 bits per heavy atom. The lowest BCUT2D eigenvalue weighted by molar-refractivity contribution is -0.0305. The molecule has 0 bridgehead atoms. The van der Waals surface area contributed by atoms with Crippen LogP contribution >= 0.6 is 0 Å². The molecule has 0 amide bonds. The number of rotatable bonds is 9. The van der Waals surface area contributed by atoms with Crippen LogP contribution in [0.15, 0.2) is 70.5 Å². The van der Waals surface area contributed by atoms with Crippen LogP contribution in [0.4, 0.5) is 0 Å². The molecule has 2 aromatic carbocycles. The molecule has 8 heteroatoms. The summed E-state index contributed by atoms with van der Waals surface area (Å²) < 4.78 is 49.9. The summed E-state index contributed by atoms with van der Waals surface area (Å²) in [7, 11) is -7.26. The van der Waals surface area contributed by atoms with Gasteiger partial charge in [0.1, 0.15) is 0 Å². The highest BCUT2D eigenvalue weighted by molar-refractivity contribution is 7.91. The number of hydrogen-bond acceptors (Lipinski definition) is 6. The monoisotopic (exact) mass is 426 g/mol. The minimum absolute atomic E-state index is 0.142. The molecule has 4 atom stereocenters. The van der Waals surface area contributed by atoms with Gasteiger partial charge in [0.25, 0.3) is 0 Å². The Kier molecular flexibility index (Phi) is 7.39. The third-order valence-electron chi connectivity index (χ3n) is 4.69. The van der Waals surface area contributed by atoms with Gasteiger partial charge in [-0.05, 0) is 36.1 Å². The number of aliphatic hydroxyl groups is 2. The second-order valence-electron chi connectivity index (χ2n) is 7.12. The molecule has 0 fully saturated rings. The Labute approximate surface area is 166 Å². The highest BCUT2D eigenvalue weighted by atomic mass is 32.2. The van der Waals surface area contributed by atoms with Crippen molar-refractivity contribution in [3.05, 3.63) is 60.7 Å². The topological polar surface area (TPSA) is 109 Å². The molecule has 28 heavy (non-hydrogen) atoms. The molecular weight excluding hydrogens is 400 g/mol. The summed E-state index contributed by atoms with van der Waals surface area (Å²) in [5.74, 6) is -2.26. The van der Waals surface area contributed by atoms with Gasteiger partial charge in [0, 0.05) is 0 Å². The maximum atomic E-state index is 12.5. The Morgan fingerprint density at radius 2 is 0.929 bits per heavy atom. The van der Waals surface area contributed by atoms with Gasteiger partial charge in [-0.1, -0.05) is 50.2 Å². The fourth-order valence-corrected chi connectivity index (χ4v) is 6.32. The smallest absolute Gasteiger partial charge is 0.178 e. The minimum Gasteiger partial charge on any atom is -0.390 e. The summed E-state index contributed by atoms with van der Waals surface area (Å²) in [6.07, 6.45) is -2.75. The second kappa shape index (κ2) is 9.17. The number of hydrogen-bond donors (Lipinski definition) is 2. The van der Waals surface area contributed by atoms with Gasteiger partial charge in [-0.2, -0.15) is 0 Å². The summed E-state index contributed by atoms with van der Waals surface area (Å²) in [5, 5.41) is 20.9. The highest BCUT2D eigenvalue weighted by Crippen LogP contribution is 2.22. The zero-order chi connectivity index (χ0) is 20.9. The third kappa shape index (κ3) is 5.64. The lowest BCUT2D eigenvalue weighted by Crippen LogP contribution is -2.41. The molecule has 0 saturated carbocycles. The van der Waals surface area contributed by atoms with Crippen LogP contribution in [-0.4, -0.2) is 50.8 Å². The summed E-state index contributed by atoms with van der Waals surface area (Å²) in [5.41, 5.74) is 0. The standard InChI is InChI=1S/C20H26O6S2/c1-15(13-27(23,24)17-9-5-3-6-10-17)19(21)20(22)16(2)14-28(25,26)18-11-7-4-8-12-18/h3-12,15-16,19-22H,13-14H2,1-2H3. The van der Waals surface area contributed by atoms with Crippen LogP contribution in [-0.2, 0) is 19.7 Å². The Balaban J connectivity index is 2.05. The molecule has 4 unspecified atom stereocenters. The molecule has 2 N–H and O–H groups in total. The molecule has 0 aliphatic rings. The molecule has 154 valence electrons. The van der Waals surface area contributed by atoms with Gasteiger partial charge in [0.15, 0.2) is 19.7 Å². The van der Waals surface area contributed by atoms with Crippen molar-refractivity contribution >= 4 is 19.7 Å². The Bertz CT molecular complexity index is 875. The van der Waals surface area contributed by atoms with Crippen LogP contribution in [0.5, 0.6) is 0 Å². The fraction of sp³-hybridized carbons (Fsp3) is 0.400. The van der Waals surface area contributed by atoms with E-state index in [1.807, 2.05) is 0 Å². The van der Waals surface area contributed by atoms with Crippen LogP contribution in [0.1, 0.15) is 13.8 Å². The molecule has 0 aliphatic heterocycles. The van der Waals surface area contributed by atoms with Crippen molar-refractivity contribution in [2.75, 3.05) is 11.5 Å². The van der Waals surface area contributed by atoms with Gasteiger partial charge in [-0.25, -0.2) is 16.8 Å². The van der Waals surface area contributed by atoms with Crippen molar-refractivity contribution in [2.45, 2.75) is 35.8 Å². The number of benzene rings is 2. The first-order valence-corrected chi connectivity index (χ1v) is 12.3. The van der Waals surface area contributed by atoms with Crippen molar-refractivity contribution in [3.8, 4) is 0 Å². The van der Waals surface area contributed by atoms with Crippen LogP contribution in [0.25, 0.3) is 0 Å². The lowest BCUT2D eigenvalue weighted by atomic mass is 9.94. The average Bonchev–Trinajstić information content (AvgIpc) is 2.67. The van der Waals surface area contributed by atoms with Gasteiger partial charge in [0.05, 0.1) is 33.5 Å². The molecule has 0 aromatic heterocycles. The Morgan fingerprint density at radius 1 is 0.643 bits per heavy atom.